The van der Waals surface area contributed by atoms with Crippen molar-refractivity contribution in [2.24, 2.45) is 0 Å². The molecule has 0 saturated heterocycles. The first-order chi connectivity index (χ1) is 15.2. The third-order valence-electron chi connectivity index (χ3n) is 5.17. The number of aryl methyl sites for hydroxylation is 1. The predicted molar refractivity (Wildman–Crippen MR) is 123 cm³/mol. The number of furan rings is 1. The monoisotopic (exact) mass is 404 g/mol. The Labute approximate surface area is 180 Å². The number of fused-ring (bicyclic) bond motifs is 1. The van der Waals surface area contributed by atoms with Crippen molar-refractivity contribution in [1.82, 2.24) is 9.78 Å². The zero-order valence-corrected chi connectivity index (χ0v) is 17.0. The summed E-state index contributed by atoms with van der Waals surface area (Å²) in [6.07, 6.45) is 5.30. The molecular weight excluding hydrogens is 384 g/mol. The smallest absolute Gasteiger partial charge is 0.185 e. The third kappa shape index (κ3) is 3.83. The van der Waals surface area contributed by atoms with Crippen LogP contribution < -0.4 is 0 Å². The van der Waals surface area contributed by atoms with Crippen LogP contribution in [-0.4, -0.2) is 15.6 Å². The third-order valence-corrected chi connectivity index (χ3v) is 5.17. The van der Waals surface area contributed by atoms with Crippen LogP contribution in [0.25, 0.3) is 34.2 Å². The average Bonchev–Trinajstić information content (AvgIpc) is 3.42. The minimum Gasteiger partial charge on any atom is -0.454 e. The topological polar surface area (TPSA) is 48.0 Å². The predicted octanol–water partition coefficient (Wildman–Crippen LogP) is 6.49. The highest BCUT2D eigenvalue weighted by Crippen LogP contribution is 2.30. The fourth-order valence-corrected chi connectivity index (χ4v) is 3.49. The lowest BCUT2D eigenvalue weighted by Gasteiger charge is -1.98. The molecule has 3 aromatic carbocycles. The Balaban J connectivity index is 1.57. The van der Waals surface area contributed by atoms with Gasteiger partial charge in [0.15, 0.2) is 11.5 Å². The molecule has 0 spiro atoms. The average molecular weight is 404 g/mol. The largest absolute Gasteiger partial charge is 0.454 e. The minimum absolute atomic E-state index is 0.0528. The highest BCUT2D eigenvalue weighted by atomic mass is 16.3. The van der Waals surface area contributed by atoms with Crippen LogP contribution in [0.3, 0.4) is 0 Å². The van der Waals surface area contributed by atoms with Gasteiger partial charge in [0.2, 0.25) is 0 Å². The van der Waals surface area contributed by atoms with Crippen LogP contribution in [-0.2, 0) is 0 Å². The van der Waals surface area contributed by atoms with E-state index >= 15 is 0 Å². The van der Waals surface area contributed by atoms with Gasteiger partial charge < -0.3 is 4.42 Å². The Morgan fingerprint density at radius 2 is 1.68 bits per heavy atom. The van der Waals surface area contributed by atoms with Gasteiger partial charge in [0, 0.05) is 22.7 Å². The van der Waals surface area contributed by atoms with Crippen LogP contribution in [0.2, 0.25) is 0 Å². The quantitative estimate of drug-likeness (QED) is 0.248. The molecule has 4 nitrogen and oxygen atoms in total. The molecule has 0 unspecified atom stereocenters. The molecule has 0 aliphatic heterocycles. The van der Waals surface area contributed by atoms with E-state index in [9.17, 15) is 4.79 Å². The van der Waals surface area contributed by atoms with E-state index in [0.717, 1.165) is 27.8 Å². The maximum absolute atomic E-state index is 12.7. The van der Waals surface area contributed by atoms with Crippen LogP contribution in [0.1, 0.15) is 21.5 Å². The molecule has 0 amide bonds. The van der Waals surface area contributed by atoms with Gasteiger partial charge in [0.25, 0.3) is 0 Å². The van der Waals surface area contributed by atoms with Crippen LogP contribution in [0.15, 0.2) is 102 Å². The normalized spacial score (nSPS) is 11.4. The summed E-state index contributed by atoms with van der Waals surface area (Å²) in [4.78, 5) is 12.7. The fraction of sp³-hybridized carbons (Fsp3) is 0.0370. The maximum atomic E-state index is 12.7. The number of carbonyl (C=O) groups is 1. The number of para-hydroxylation sites is 2. The van der Waals surface area contributed by atoms with Crippen LogP contribution in [0.4, 0.5) is 0 Å². The van der Waals surface area contributed by atoms with Crippen LogP contribution >= 0.6 is 0 Å². The number of hydrogen-bond donors (Lipinski definition) is 0. The summed E-state index contributed by atoms with van der Waals surface area (Å²) in [5.41, 5.74) is 5.01. The molecule has 0 saturated carbocycles. The molecule has 150 valence electrons. The fourth-order valence-electron chi connectivity index (χ4n) is 3.49. The molecule has 5 rings (SSSR count). The van der Waals surface area contributed by atoms with E-state index in [1.807, 2.05) is 98.0 Å². The van der Waals surface area contributed by atoms with Gasteiger partial charge in [-0.1, -0.05) is 66.2 Å². The van der Waals surface area contributed by atoms with Crippen molar-refractivity contribution in [3.63, 3.8) is 0 Å². The SMILES string of the molecule is Cc1ccc(C(=O)C=Cc2cn(-c3ccccc3)nc2-c2cc3ccccc3o2)cc1. The Bertz CT molecular complexity index is 1360. The number of hydrogen-bond acceptors (Lipinski definition) is 3. The number of rotatable bonds is 5. The van der Waals surface area contributed by atoms with Gasteiger partial charge in [-0.2, -0.15) is 5.10 Å². The molecule has 2 aromatic heterocycles. The second-order valence-corrected chi connectivity index (χ2v) is 7.43. The van der Waals surface area contributed by atoms with Crippen molar-refractivity contribution in [3.05, 3.63) is 114 Å². The molecule has 0 aliphatic carbocycles. The van der Waals surface area contributed by atoms with Crippen molar-refractivity contribution >= 4 is 22.8 Å². The number of aromatic nitrogens is 2. The summed E-state index contributed by atoms with van der Waals surface area (Å²) in [6, 6.07) is 27.3. The zero-order valence-electron chi connectivity index (χ0n) is 17.0. The van der Waals surface area contributed by atoms with Crippen molar-refractivity contribution in [3.8, 4) is 17.1 Å². The molecule has 0 fully saturated rings. The molecule has 0 N–H and O–H groups in total. The van der Waals surface area contributed by atoms with Crippen LogP contribution in [0, 0.1) is 6.92 Å². The van der Waals surface area contributed by atoms with E-state index < -0.39 is 0 Å². The highest BCUT2D eigenvalue weighted by molar-refractivity contribution is 6.07. The standard InChI is InChI=1S/C27H20N2O2/c1-19-11-13-20(14-12-19)24(30)16-15-22-18-29(23-8-3-2-4-9-23)28-27(22)26-17-21-7-5-6-10-25(21)31-26/h2-18H,1H3. The van der Waals surface area contributed by atoms with Gasteiger partial charge in [0.05, 0.1) is 5.69 Å². The summed E-state index contributed by atoms with van der Waals surface area (Å²) < 4.78 is 7.86. The Morgan fingerprint density at radius 1 is 0.935 bits per heavy atom. The summed E-state index contributed by atoms with van der Waals surface area (Å²) in [5.74, 6) is 0.612. The van der Waals surface area contributed by atoms with Crippen molar-refractivity contribution in [2.45, 2.75) is 6.92 Å². The number of carbonyl (C=O) groups excluding carboxylic acids is 1. The lowest BCUT2D eigenvalue weighted by molar-refractivity contribution is 0.104. The molecule has 0 atom stereocenters. The molecule has 0 aliphatic rings. The van der Waals surface area contributed by atoms with Crippen LogP contribution in [0.5, 0.6) is 0 Å². The Hall–Kier alpha value is -4.18. The number of nitrogens with zero attached hydrogens (tertiary/aromatic N) is 2. The second-order valence-electron chi connectivity index (χ2n) is 7.43. The van der Waals surface area contributed by atoms with Gasteiger partial charge in [-0.05, 0) is 43.3 Å². The highest BCUT2D eigenvalue weighted by Gasteiger charge is 2.15. The van der Waals surface area contributed by atoms with E-state index in [4.69, 9.17) is 9.52 Å². The van der Waals surface area contributed by atoms with E-state index in [-0.39, 0.29) is 5.78 Å². The number of ketones is 1. The lowest BCUT2D eigenvalue weighted by Crippen LogP contribution is -1.93. The molecule has 0 radical (unpaired) electrons. The van der Waals surface area contributed by atoms with Gasteiger partial charge in [-0.15, -0.1) is 0 Å². The summed E-state index contributed by atoms with van der Waals surface area (Å²) in [5, 5.41) is 5.78. The van der Waals surface area contributed by atoms with Crippen molar-refractivity contribution in [1.29, 1.82) is 0 Å². The van der Waals surface area contributed by atoms with E-state index in [2.05, 4.69) is 0 Å². The molecule has 5 aromatic rings. The Morgan fingerprint density at radius 3 is 2.45 bits per heavy atom. The molecule has 4 heteroatoms. The lowest BCUT2D eigenvalue weighted by atomic mass is 10.1. The van der Waals surface area contributed by atoms with Crippen molar-refractivity contribution in [2.75, 3.05) is 0 Å². The summed E-state index contributed by atoms with van der Waals surface area (Å²) in [7, 11) is 0. The first-order valence-corrected chi connectivity index (χ1v) is 10.1. The first kappa shape index (κ1) is 18.8. The van der Waals surface area contributed by atoms with Crippen molar-refractivity contribution < 1.29 is 9.21 Å². The molecule has 2 heterocycles. The van der Waals surface area contributed by atoms with Gasteiger partial charge in [-0.3, -0.25) is 4.79 Å². The number of allylic oxidation sites excluding steroid dienone is 1. The van der Waals surface area contributed by atoms with E-state index in [1.54, 1.807) is 16.8 Å². The molecule has 31 heavy (non-hydrogen) atoms. The number of benzene rings is 3. The maximum Gasteiger partial charge on any atom is 0.185 e. The summed E-state index contributed by atoms with van der Waals surface area (Å²) >= 11 is 0. The first-order valence-electron chi connectivity index (χ1n) is 10.1. The molecular formula is C27H20N2O2. The second kappa shape index (κ2) is 7.92. The molecule has 0 bridgehead atoms. The van der Waals surface area contributed by atoms with E-state index in [0.29, 0.717) is 17.0 Å². The Kier molecular flexibility index (Phi) is 4.81. The van der Waals surface area contributed by atoms with Gasteiger partial charge >= 0.3 is 0 Å². The van der Waals surface area contributed by atoms with Gasteiger partial charge in [-0.25, -0.2) is 4.68 Å². The zero-order chi connectivity index (χ0) is 21.2. The minimum atomic E-state index is -0.0528. The van der Waals surface area contributed by atoms with E-state index in [1.165, 1.54) is 0 Å². The summed E-state index contributed by atoms with van der Waals surface area (Å²) in [6.45, 7) is 2.00. The van der Waals surface area contributed by atoms with Gasteiger partial charge in [0.1, 0.15) is 11.3 Å².